The molecule has 0 spiro atoms. The zero-order valence-corrected chi connectivity index (χ0v) is 10.9. The number of hydrogen-bond donors (Lipinski definition) is 1. The number of hydrogen-bond acceptors (Lipinski definition) is 1. The minimum absolute atomic E-state index is 0.491. The van der Waals surface area contributed by atoms with Crippen molar-refractivity contribution in [2.24, 2.45) is 5.92 Å². The van der Waals surface area contributed by atoms with E-state index in [1.54, 1.807) is 0 Å². The highest BCUT2D eigenvalue weighted by Gasteiger charge is 2.10. The molecule has 14 heavy (non-hydrogen) atoms. The third-order valence-electron chi connectivity index (χ3n) is 2.38. The van der Waals surface area contributed by atoms with Crippen LogP contribution in [0, 0.1) is 5.92 Å². The zero-order chi connectivity index (χ0) is 10.4. The largest absolute Gasteiger partial charge is 0.388 e. The quantitative estimate of drug-likeness (QED) is 0.602. The topological polar surface area (TPSA) is 12.0 Å². The van der Waals surface area contributed by atoms with Gasteiger partial charge in [-0.15, -0.1) is 0 Å². The Balaban J connectivity index is 2.29. The fourth-order valence-corrected chi connectivity index (χ4v) is 1.87. The fourth-order valence-electron chi connectivity index (χ4n) is 1.41. The first-order valence-electron chi connectivity index (χ1n) is 5.20. The number of unbranched alkanes of at least 4 members (excludes halogenated alkanes) is 1. The summed E-state index contributed by atoms with van der Waals surface area (Å²) in [5, 5.41) is 3.39. The maximum Gasteiger partial charge on any atom is 0.0199 e. The van der Waals surface area contributed by atoms with Crippen molar-refractivity contribution >= 4 is 22.6 Å². The Morgan fingerprint density at radius 1 is 1.71 bits per heavy atom. The van der Waals surface area contributed by atoms with Crippen molar-refractivity contribution in [3.05, 3.63) is 34.1 Å². The third-order valence-corrected chi connectivity index (χ3v) is 3.18. The lowest BCUT2D eigenvalue weighted by Crippen LogP contribution is -2.20. The van der Waals surface area contributed by atoms with Crippen molar-refractivity contribution in [2.45, 2.75) is 26.2 Å². The maximum absolute atomic E-state index is 4.08. The van der Waals surface area contributed by atoms with Crippen molar-refractivity contribution in [3.63, 3.8) is 0 Å². The maximum atomic E-state index is 4.08. The molecule has 78 valence electrons. The standard InChI is InChI=1S/C12H18IN/c1-3-4-9-14-10(2)11-5-7-12(13)8-6-11/h5,7-8,11,14H,2-4,6,9H2,1H3. The van der Waals surface area contributed by atoms with E-state index in [2.05, 4.69) is 59.6 Å². The van der Waals surface area contributed by atoms with E-state index in [0.717, 1.165) is 18.7 Å². The van der Waals surface area contributed by atoms with E-state index in [0.29, 0.717) is 5.92 Å². The van der Waals surface area contributed by atoms with Gasteiger partial charge in [-0.1, -0.05) is 38.2 Å². The van der Waals surface area contributed by atoms with Crippen LogP contribution in [0.5, 0.6) is 0 Å². The molecular weight excluding hydrogens is 285 g/mol. The van der Waals surface area contributed by atoms with Crippen LogP contribution in [0.15, 0.2) is 34.1 Å². The Bertz CT molecular complexity index is 253. The molecule has 0 amide bonds. The molecule has 0 aliphatic heterocycles. The van der Waals surface area contributed by atoms with E-state index in [1.807, 2.05) is 0 Å². The van der Waals surface area contributed by atoms with Crippen molar-refractivity contribution < 1.29 is 0 Å². The molecule has 0 saturated carbocycles. The fraction of sp³-hybridized carbons (Fsp3) is 0.500. The number of rotatable bonds is 5. The molecule has 1 unspecified atom stereocenters. The molecule has 1 aliphatic rings. The molecular formula is C12H18IN. The van der Waals surface area contributed by atoms with Gasteiger partial charge in [0.2, 0.25) is 0 Å². The summed E-state index contributed by atoms with van der Waals surface area (Å²) in [4.78, 5) is 0. The van der Waals surface area contributed by atoms with Crippen LogP contribution < -0.4 is 5.32 Å². The summed E-state index contributed by atoms with van der Waals surface area (Å²) in [6.45, 7) is 7.34. The minimum Gasteiger partial charge on any atom is -0.388 e. The molecule has 0 bridgehead atoms. The van der Waals surface area contributed by atoms with Gasteiger partial charge in [0.15, 0.2) is 0 Å². The van der Waals surface area contributed by atoms with Gasteiger partial charge in [0.25, 0.3) is 0 Å². The number of allylic oxidation sites excluding steroid dienone is 4. The molecule has 0 heterocycles. The Hall–Kier alpha value is -0.250. The van der Waals surface area contributed by atoms with Crippen molar-refractivity contribution in [1.82, 2.24) is 5.32 Å². The summed E-state index contributed by atoms with van der Waals surface area (Å²) in [5.41, 5.74) is 1.16. The average Bonchev–Trinajstić information content (AvgIpc) is 2.19. The average molecular weight is 303 g/mol. The van der Waals surface area contributed by atoms with E-state index < -0.39 is 0 Å². The van der Waals surface area contributed by atoms with Gasteiger partial charge in [0, 0.05) is 21.7 Å². The summed E-state index contributed by atoms with van der Waals surface area (Å²) < 4.78 is 1.33. The van der Waals surface area contributed by atoms with Crippen molar-refractivity contribution in [3.8, 4) is 0 Å². The molecule has 1 N–H and O–H groups in total. The van der Waals surface area contributed by atoms with E-state index >= 15 is 0 Å². The molecule has 0 aromatic rings. The third kappa shape index (κ3) is 3.86. The normalized spacial score (nSPS) is 20.4. The SMILES string of the molecule is C=C(NCCCC)C1C=CC(I)=CC1. The van der Waals surface area contributed by atoms with Crippen molar-refractivity contribution in [2.75, 3.05) is 6.54 Å². The molecule has 0 saturated heterocycles. The first-order chi connectivity index (χ1) is 6.74. The number of halogens is 1. The van der Waals surface area contributed by atoms with Crippen LogP contribution in [0.3, 0.4) is 0 Å². The van der Waals surface area contributed by atoms with E-state index in [1.165, 1.54) is 16.4 Å². The van der Waals surface area contributed by atoms with Gasteiger partial charge < -0.3 is 5.32 Å². The summed E-state index contributed by atoms with van der Waals surface area (Å²) >= 11 is 2.35. The number of nitrogens with one attached hydrogen (secondary N) is 1. The summed E-state index contributed by atoms with van der Waals surface area (Å²) in [5.74, 6) is 0.491. The minimum atomic E-state index is 0.491. The lowest BCUT2D eigenvalue weighted by molar-refractivity contribution is 0.633. The summed E-state index contributed by atoms with van der Waals surface area (Å²) in [6, 6.07) is 0. The second-order valence-electron chi connectivity index (χ2n) is 3.60. The molecule has 0 aromatic carbocycles. The first-order valence-corrected chi connectivity index (χ1v) is 6.28. The van der Waals surface area contributed by atoms with Crippen LogP contribution in [-0.4, -0.2) is 6.54 Å². The molecule has 0 aromatic heterocycles. The van der Waals surface area contributed by atoms with Crippen LogP contribution in [-0.2, 0) is 0 Å². The Kier molecular flexibility index (Phi) is 5.30. The molecule has 1 nitrogen and oxygen atoms in total. The molecule has 1 rings (SSSR count). The molecule has 2 heteroatoms. The van der Waals surface area contributed by atoms with E-state index in [-0.39, 0.29) is 0 Å². The second-order valence-corrected chi connectivity index (χ2v) is 4.84. The van der Waals surface area contributed by atoms with Crippen LogP contribution in [0.4, 0.5) is 0 Å². The highest BCUT2D eigenvalue weighted by Crippen LogP contribution is 2.23. The highest BCUT2D eigenvalue weighted by atomic mass is 127. The molecule has 1 aliphatic carbocycles. The van der Waals surface area contributed by atoms with Crippen molar-refractivity contribution in [1.29, 1.82) is 0 Å². The predicted molar refractivity (Wildman–Crippen MR) is 71.4 cm³/mol. The Labute approximate surface area is 100 Å². The van der Waals surface area contributed by atoms with Gasteiger partial charge in [0.1, 0.15) is 0 Å². The lowest BCUT2D eigenvalue weighted by atomic mass is 9.98. The van der Waals surface area contributed by atoms with Gasteiger partial charge in [-0.25, -0.2) is 0 Å². The molecule has 1 atom stereocenters. The van der Waals surface area contributed by atoms with Gasteiger partial charge in [-0.2, -0.15) is 0 Å². The summed E-state index contributed by atoms with van der Waals surface area (Å²) in [6.07, 6.45) is 10.2. The van der Waals surface area contributed by atoms with E-state index in [4.69, 9.17) is 0 Å². The van der Waals surface area contributed by atoms with Crippen LogP contribution in [0.1, 0.15) is 26.2 Å². The summed E-state index contributed by atoms with van der Waals surface area (Å²) in [7, 11) is 0. The molecule has 0 fully saturated rings. The van der Waals surface area contributed by atoms with Gasteiger partial charge in [-0.3, -0.25) is 0 Å². The Morgan fingerprint density at radius 3 is 3.07 bits per heavy atom. The Morgan fingerprint density at radius 2 is 2.50 bits per heavy atom. The smallest absolute Gasteiger partial charge is 0.0199 e. The highest BCUT2D eigenvalue weighted by molar-refractivity contribution is 14.1. The van der Waals surface area contributed by atoms with Crippen LogP contribution in [0.2, 0.25) is 0 Å². The lowest BCUT2D eigenvalue weighted by Gasteiger charge is -2.18. The van der Waals surface area contributed by atoms with Gasteiger partial charge in [0.05, 0.1) is 0 Å². The molecule has 0 radical (unpaired) electrons. The second kappa shape index (κ2) is 6.27. The van der Waals surface area contributed by atoms with E-state index in [9.17, 15) is 0 Å². The van der Waals surface area contributed by atoms with Gasteiger partial charge in [-0.05, 0) is 35.4 Å². The monoisotopic (exact) mass is 303 g/mol. The van der Waals surface area contributed by atoms with Gasteiger partial charge >= 0.3 is 0 Å². The predicted octanol–water partition coefficient (Wildman–Crippen LogP) is 3.78. The first kappa shape index (κ1) is 11.8. The van der Waals surface area contributed by atoms with Crippen LogP contribution in [0.25, 0.3) is 0 Å². The van der Waals surface area contributed by atoms with Crippen LogP contribution >= 0.6 is 22.6 Å². The zero-order valence-electron chi connectivity index (χ0n) is 8.72.